The van der Waals surface area contributed by atoms with Gasteiger partial charge in [0.05, 0.1) is 18.2 Å². The molecule has 1 fully saturated rings. The highest BCUT2D eigenvalue weighted by Gasteiger charge is 2.19. The largest absolute Gasteiger partial charge is 0.367 e. The van der Waals surface area contributed by atoms with Gasteiger partial charge < -0.3 is 10.3 Å². The predicted octanol–water partition coefficient (Wildman–Crippen LogP) is 3.47. The van der Waals surface area contributed by atoms with Gasteiger partial charge in [-0.25, -0.2) is 9.97 Å². The molecule has 1 saturated carbocycles. The molecule has 5 heteroatoms. The Hall–Kier alpha value is -2.30. The first-order valence-electron chi connectivity index (χ1n) is 7.64. The number of aromatic amines is 1. The fraction of sp³-hybridized carbons (Fsp3) is 0.375. The third-order valence-electron chi connectivity index (χ3n) is 4.23. The molecule has 3 aromatic heterocycles. The highest BCUT2D eigenvalue weighted by atomic mass is 15.2. The summed E-state index contributed by atoms with van der Waals surface area (Å²) >= 11 is 0. The van der Waals surface area contributed by atoms with Crippen molar-refractivity contribution in [2.45, 2.75) is 38.1 Å². The highest BCUT2D eigenvalue weighted by molar-refractivity contribution is 5.74. The number of anilines is 1. The van der Waals surface area contributed by atoms with Gasteiger partial charge in [-0.15, -0.1) is 0 Å². The zero-order valence-electron chi connectivity index (χ0n) is 11.9. The summed E-state index contributed by atoms with van der Waals surface area (Å²) in [6.45, 7) is 0. The van der Waals surface area contributed by atoms with Crippen LogP contribution in [0.3, 0.4) is 0 Å². The van der Waals surface area contributed by atoms with Crippen molar-refractivity contribution in [3.63, 3.8) is 0 Å². The van der Waals surface area contributed by atoms with Crippen molar-refractivity contribution in [2.24, 2.45) is 0 Å². The summed E-state index contributed by atoms with van der Waals surface area (Å²) in [4.78, 5) is 12.0. The van der Waals surface area contributed by atoms with E-state index in [-0.39, 0.29) is 0 Å². The zero-order valence-corrected chi connectivity index (χ0v) is 11.9. The molecule has 0 unspecified atom stereocenters. The molecule has 3 aromatic rings. The van der Waals surface area contributed by atoms with E-state index < -0.39 is 0 Å². The summed E-state index contributed by atoms with van der Waals surface area (Å²) in [5, 5.41) is 3.71. The molecule has 0 saturated heterocycles. The summed E-state index contributed by atoms with van der Waals surface area (Å²) in [6.07, 6.45) is 12.1. The molecule has 21 heavy (non-hydrogen) atoms. The number of hydrogen-bond acceptors (Lipinski definition) is 3. The average molecular weight is 281 g/mol. The SMILES string of the molecule is c1ccn2c(NC3CCCCC3)c(-c3cnc[nH]3)nc2c1. The number of nitrogens with zero attached hydrogens (tertiary/aromatic N) is 3. The Balaban J connectivity index is 1.78. The maximum atomic E-state index is 4.75. The normalized spacial score (nSPS) is 16.4. The first kappa shape index (κ1) is 12.4. The van der Waals surface area contributed by atoms with E-state index in [0.29, 0.717) is 6.04 Å². The topological polar surface area (TPSA) is 58.0 Å². The van der Waals surface area contributed by atoms with Crippen LogP contribution < -0.4 is 5.32 Å². The molecule has 0 atom stereocenters. The monoisotopic (exact) mass is 281 g/mol. The number of pyridine rings is 1. The minimum Gasteiger partial charge on any atom is -0.367 e. The smallest absolute Gasteiger partial charge is 0.140 e. The first-order valence-corrected chi connectivity index (χ1v) is 7.64. The maximum absolute atomic E-state index is 4.75. The standard InChI is InChI=1S/C16H19N5/c1-2-6-12(7-3-1)19-16-15(13-10-17-11-18-13)20-14-8-4-5-9-21(14)16/h4-5,8-12,19H,1-3,6-7H2,(H,17,18). The summed E-state index contributed by atoms with van der Waals surface area (Å²) < 4.78 is 2.13. The van der Waals surface area contributed by atoms with E-state index in [2.05, 4.69) is 25.9 Å². The number of rotatable bonds is 3. The molecule has 0 radical (unpaired) electrons. The van der Waals surface area contributed by atoms with Crippen molar-refractivity contribution >= 4 is 11.5 Å². The third-order valence-corrected chi connectivity index (χ3v) is 4.23. The van der Waals surface area contributed by atoms with E-state index in [4.69, 9.17) is 4.98 Å². The van der Waals surface area contributed by atoms with Crippen molar-refractivity contribution < 1.29 is 0 Å². The Morgan fingerprint density at radius 3 is 2.90 bits per heavy atom. The van der Waals surface area contributed by atoms with Crippen LogP contribution in [0.25, 0.3) is 17.0 Å². The molecule has 3 heterocycles. The van der Waals surface area contributed by atoms with Gasteiger partial charge in [0.2, 0.25) is 0 Å². The van der Waals surface area contributed by atoms with Crippen molar-refractivity contribution in [3.8, 4) is 11.4 Å². The fourth-order valence-electron chi connectivity index (χ4n) is 3.15. The molecule has 0 bridgehead atoms. The lowest BCUT2D eigenvalue weighted by molar-refractivity contribution is 0.462. The van der Waals surface area contributed by atoms with Gasteiger partial charge in [0.15, 0.2) is 0 Å². The van der Waals surface area contributed by atoms with Gasteiger partial charge in [-0.2, -0.15) is 0 Å². The fourth-order valence-corrected chi connectivity index (χ4v) is 3.15. The predicted molar refractivity (Wildman–Crippen MR) is 83.3 cm³/mol. The molecular weight excluding hydrogens is 262 g/mol. The lowest BCUT2D eigenvalue weighted by Crippen LogP contribution is -2.23. The van der Waals surface area contributed by atoms with Crippen LogP contribution in [0.5, 0.6) is 0 Å². The summed E-state index contributed by atoms with van der Waals surface area (Å²) in [7, 11) is 0. The number of nitrogens with one attached hydrogen (secondary N) is 2. The van der Waals surface area contributed by atoms with Crippen LogP contribution in [0.1, 0.15) is 32.1 Å². The number of H-pyrrole nitrogens is 1. The Bertz CT molecular complexity index is 722. The molecule has 0 aromatic carbocycles. The van der Waals surface area contributed by atoms with Crippen LogP contribution in [-0.2, 0) is 0 Å². The van der Waals surface area contributed by atoms with Gasteiger partial charge in [-0.1, -0.05) is 25.3 Å². The average Bonchev–Trinajstić information content (AvgIpc) is 3.16. The van der Waals surface area contributed by atoms with Crippen molar-refractivity contribution in [2.75, 3.05) is 5.32 Å². The maximum Gasteiger partial charge on any atom is 0.140 e. The molecule has 0 aliphatic heterocycles. The summed E-state index contributed by atoms with van der Waals surface area (Å²) in [5.74, 6) is 1.07. The van der Waals surface area contributed by atoms with Crippen molar-refractivity contribution in [1.82, 2.24) is 19.4 Å². The zero-order chi connectivity index (χ0) is 14.1. The first-order chi connectivity index (χ1) is 10.4. The molecule has 0 amide bonds. The van der Waals surface area contributed by atoms with E-state index in [1.165, 1.54) is 32.1 Å². The van der Waals surface area contributed by atoms with Gasteiger partial charge >= 0.3 is 0 Å². The Morgan fingerprint density at radius 2 is 2.10 bits per heavy atom. The molecular formula is C16H19N5. The van der Waals surface area contributed by atoms with Crippen LogP contribution in [-0.4, -0.2) is 25.4 Å². The van der Waals surface area contributed by atoms with Gasteiger partial charge in [0.1, 0.15) is 17.2 Å². The lowest BCUT2D eigenvalue weighted by Gasteiger charge is -2.24. The minimum absolute atomic E-state index is 0.542. The van der Waals surface area contributed by atoms with E-state index >= 15 is 0 Å². The van der Waals surface area contributed by atoms with Gasteiger partial charge in [0.25, 0.3) is 0 Å². The van der Waals surface area contributed by atoms with Crippen LogP contribution in [0.2, 0.25) is 0 Å². The number of fused-ring (bicyclic) bond motifs is 1. The highest BCUT2D eigenvalue weighted by Crippen LogP contribution is 2.30. The van der Waals surface area contributed by atoms with Gasteiger partial charge in [-0.3, -0.25) is 4.40 Å². The molecule has 1 aliphatic rings. The molecule has 5 nitrogen and oxygen atoms in total. The Labute approximate surface area is 123 Å². The van der Waals surface area contributed by atoms with Crippen molar-refractivity contribution in [1.29, 1.82) is 0 Å². The molecule has 2 N–H and O–H groups in total. The lowest BCUT2D eigenvalue weighted by atomic mass is 9.95. The number of aromatic nitrogens is 4. The van der Waals surface area contributed by atoms with Crippen molar-refractivity contribution in [3.05, 3.63) is 36.9 Å². The molecule has 1 aliphatic carbocycles. The minimum atomic E-state index is 0.542. The Morgan fingerprint density at radius 1 is 1.19 bits per heavy atom. The number of imidazole rings is 2. The van der Waals surface area contributed by atoms with Gasteiger partial charge in [-0.05, 0) is 25.0 Å². The second-order valence-corrected chi connectivity index (χ2v) is 5.68. The van der Waals surface area contributed by atoms with Crippen LogP contribution in [0.15, 0.2) is 36.9 Å². The van der Waals surface area contributed by atoms with Crippen LogP contribution in [0, 0.1) is 0 Å². The van der Waals surface area contributed by atoms with Gasteiger partial charge in [0, 0.05) is 12.2 Å². The third kappa shape index (κ3) is 2.28. The molecule has 108 valence electrons. The number of hydrogen-bond donors (Lipinski definition) is 2. The second kappa shape index (κ2) is 5.24. The van der Waals surface area contributed by atoms with Crippen LogP contribution in [0.4, 0.5) is 5.82 Å². The van der Waals surface area contributed by atoms with E-state index in [9.17, 15) is 0 Å². The van der Waals surface area contributed by atoms with E-state index in [1.54, 1.807) is 6.33 Å². The van der Waals surface area contributed by atoms with Crippen LogP contribution >= 0.6 is 0 Å². The van der Waals surface area contributed by atoms with E-state index in [1.807, 2.05) is 24.4 Å². The Kier molecular flexibility index (Phi) is 3.10. The quantitative estimate of drug-likeness (QED) is 0.773. The second-order valence-electron chi connectivity index (χ2n) is 5.68. The molecule has 0 spiro atoms. The molecule has 4 rings (SSSR count). The summed E-state index contributed by atoms with van der Waals surface area (Å²) in [5.41, 5.74) is 2.86. The summed E-state index contributed by atoms with van der Waals surface area (Å²) in [6, 6.07) is 6.63. The van der Waals surface area contributed by atoms with E-state index in [0.717, 1.165) is 22.9 Å².